The Balaban J connectivity index is 0.00000156. The molecule has 4 nitrogen and oxygen atoms in total. The van der Waals surface area contributed by atoms with Crippen molar-refractivity contribution in [3.63, 3.8) is 0 Å². The second-order valence-electron chi connectivity index (χ2n) is 6.34. The highest BCUT2D eigenvalue weighted by atomic mass is 35.5. The molecule has 2 aromatic rings. The zero-order chi connectivity index (χ0) is 15.2. The van der Waals surface area contributed by atoms with Gasteiger partial charge in [0.15, 0.2) is 0 Å². The maximum absolute atomic E-state index is 12.9. The molecule has 2 aliphatic heterocycles. The molecule has 2 saturated heterocycles. The average Bonchev–Trinajstić information content (AvgIpc) is 3.02. The van der Waals surface area contributed by atoms with Gasteiger partial charge in [0.2, 0.25) is 10.0 Å². The fraction of sp³-hybridized carbons (Fsp3) is 0.412. The molecule has 6 heteroatoms. The van der Waals surface area contributed by atoms with Crippen LogP contribution in [0.2, 0.25) is 0 Å². The number of benzene rings is 2. The van der Waals surface area contributed by atoms with Gasteiger partial charge in [0.1, 0.15) is 0 Å². The van der Waals surface area contributed by atoms with Crippen molar-refractivity contribution in [3.05, 3.63) is 42.5 Å². The van der Waals surface area contributed by atoms with Crippen LogP contribution in [0.15, 0.2) is 47.4 Å². The van der Waals surface area contributed by atoms with Crippen LogP contribution >= 0.6 is 12.4 Å². The molecule has 2 aliphatic rings. The number of halogens is 1. The molecule has 124 valence electrons. The molecule has 0 bridgehead atoms. The zero-order valence-corrected chi connectivity index (χ0v) is 14.4. The van der Waals surface area contributed by atoms with Crippen molar-refractivity contribution in [1.29, 1.82) is 0 Å². The Morgan fingerprint density at radius 1 is 1.00 bits per heavy atom. The van der Waals surface area contributed by atoms with E-state index < -0.39 is 10.0 Å². The highest BCUT2D eigenvalue weighted by Crippen LogP contribution is 2.30. The topological polar surface area (TPSA) is 49.4 Å². The van der Waals surface area contributed by atoms with E-state index in [1.165, 1.54) is 0 Å². The van der Waals surface area contributed by atoms with Crippen LogP contribution in [0, 0.1) is 11.8 Å². The molecule has 4 rings (SSSR count). The van der Waals surface area contributed by atoms with Crippen molar-refractivity contribution in [2.75, 3.05) is 26.2 Å². The maximum Gasteiger partial charge on any atom is 0.243 e. The van der Waals surface area contributed by atoms with E-state index in [2.05, 4.69) is 5.32 Å². The smallest absolute Gasteiger partial charge is 0.243 e. The first-order chi connectivity index (χ1) is 10.6. The van der Waals surface area contributed by atoms with E-state index in [1.54, 1.807) is 16.4 Å². The SMILES string of the molecule is Cl.O=S(=O)(c1ccc2ccccc2c1)N1CCC2CNCC2C1. The summed E-state index contributed by atoms with van der Waals surface area (Å²) in [4.78, 5) is 0.413. The average molecular weight is 353 g/mol. The van der Waals surface area contributed by atoms with Gasteiger partial charge in [0, 0.05) is 13.1 Å². The number of nitrogens with zero attached hydrogens (tertiary/aromatic N) is 1. The quantitative estimate of drug-likeness (QED) is 0.903. The molecule has 0 saturated carbocycles. The van der Waals surface area contributed by atoms with Crippen molar-refractivity contribution >= 4 is 33.2 Å². The summed E-state index contributed by atoms with van der Waals surface area (Å²) in [5.41, 5.74) is 0. The summed E-state index contributed by atoms with van der Waals surface area (Å²) in [5.74, 6) is 1.10. The van der Waals surface area contributed by atoms with Crippen molar-refractivity contribution in [1.82, 2.24) is 9.62 Å². The highest BCUT2D eigenvalue weighted by Gasteiger charge is 2.37. The van der Waals surface area contributed by atoms with Gasteiger partial charge >= 0.3 is 0 Å². The van der Waals surface area contributed by atoms with Crippen LogP contribution in [0.25, 0.3) is 10.8 Å². The molecule has 0 aliphatic carbocycles. The Morgan fingerprint density at radius 3 is 2.57 bits per heavy atom. The monoisotopic (exact) mass is 352 g/mol. The van der Waals surface area contributed by atoms with Crippen LogP contribution in [0.1, 0.15) is 6.42 Å². The van der Waals surface area contributed by atoms with Gasteiger partial charge in [-0.1, -0.05) is 30.3 Å². The number of fused-ring (bicyclic) bond motifs is 2. The van der Waals surface area contributed by atoms with E-state index in [0.717, 1.165) is 30.3 Å². The van der Waals surface area contributed by atoms with Crippen LogP contribution < -0.4 is 5.32 Å². The normalized spacial score (nSPS) is 25.0. The minimum absolute atomic E-state index is 0. The van der Waals surface area contributed by atoms with Crippen molar-refractivity contribution in [2.45, 2.75) is 11.3 Å². The number of hydrogen-bond acceptors (Lipinski definition) is 3. The minimum atomic E-state index is -3.39. The molecule has 23 heavy (non-hydrogen) atoms. The Morgan fingerprint density at radius 2 is 1.74 bits per heavy atom. The summed E-state index contributed by atoms with van der Waals surface area (Å²) < 4.78 is 27.5. The van der Waals surface area contributed by atoms with Gasteiger partial charge in [-0.05, 0) is 54.3 Å². The molecule has 2 atom stereocenters. The first-order valence-electron chi connectivity index (χ1n) is 7.84. The molecule has 0 radical (unpaired) electrons. The van der Waals surface area contributed by atoms with Crippen molar-refractivity contribution in [3.8, 4) is 0 Å². The van der Waals surface area contributed by atoms with E-state index in [0.29, 0.717) is 29.8 Å². The number of nitrogens with one attached hydrogen (secondary N) is 1. The molecule has 2 heterocycles. The van der Waals surface area contributed by atoms with E-state index in [1.807, 2.05) is 30.3 Å². The molecule has 2 aromatic carbocycles. The van der Waals surface area contributed by atoms with Crippen molar-refractivity contribution in [2.24, 2.45) is 11.8 Å². The first-order valence-corrected chi connectivity index (χ1v) is 9.28. The summed E-state index contributed by atoms with van der Waals surface area (Å²) in [6.45, 7) is 3.26. The number of hydrogen-bond donors (Lipinski definition) is 1. The lowest BCUT2D eigenvalue weighted by Crippen LogP contribution is -2.43. The maximum atomic E-state index is 12.9. The second-order valence-corrected chi connectivity index (χ2v) is 8.28. The van der Waals surface area contributed by atoms with Gasteiger partial charge in [-0.15, -0.1) is 12.4 Å². The number of piperidine rings is 1. The van der Waals surface area contributed by atoms with Crippen LogP contribution in [0.5, 0.6) is 0 Å². The lowest BCUT2D eigenvalue weighted by atomic mass is 9.90. The lowest BCUT2D eigenvalue weighted by Gasteiger charge is -2.33. The zero-order valence-electron chi connectivity index (χ0n) is 12.8. The van der Waals surface area contributed by atoms with E-state index in [-0.39, 0.29) is 12.4 Å². The summed E-state index contributed by atoms with van der Waals surface area (Å²) in [6.07, 6.45) is 0.963. The predicted molar refractivity (Wildman–Crippen MR) is 94.4 cm³/mol. The van der Waals surface area contributed by atoms with Crippen LogP contribution in [0.4, 0.5) is 0 Å². The third-order valence-electron chi connectivity index (χ3n) is 5.03. The third-order valence-corrected chi connectivity index (χ3v) is 6.89. The molecule has 0 aromatic heterocycles. The Hall–Kier alpha value is -1.14. The largest absolute Gasteiger partial charge is 0.316 e. The third kappa shape index (κ3) is 2.98. The minimum Gasteiger partial charge on any atom is -0.316 e. The van der Waals surface area contributed by atoms with E-state index in [9.17, 15) is 8.42 Å². The van der Waals surface area contributed by atoms with E-state index in [4.69, 9.17) is 0 Å². The highest BCUT2D eigenvalue weighted by molar-refractivity contribution is 7.89. The Bertz CT molecular complexity index is 809. The molecular formula is C17H21ClN2O2S. The fourth-order valence-corrected chi connectivity index (χ4v) is 5.24. The second kappa shape index (κ2) is 6.40. The van der Waals surface area contributed by atoms with Gasteiger partial charge in [-0.3, -0.25) is 0 Å². The molecule has 0 amide bonds. The summed E-state index contributed by atoms with van der Waals surface area (Å²) in [5, 5.41) is 5.42. The molecule has 0 spiro atoms. The standard InChI is InChI=1S/C17H20N2O2S.ClH/c20-22(21,19-8-7-15-10-18-11-16(15)12-19)17-6-5-13-3-1-2-4-14(13)9-17;/h1-6,9,15-16,18H,7-8,10-12H2;1H. The van der Waals surface area contributed by atoms with Gasteiger partial charge in [0.05, 0.1) is 4.90 Å². The summed E-state index contributed by atoms with van der Waals surface area (Å²) >= 11 is 0. The molecular weight excluding hydrogens is 332 g/mol. The van der Waals surface area contributed by atoms with Crippen molar-refractivity contribution < 1.29 is 8.42 Å². The van der Waals surface area contributed by atoms with E-state index >= 15 is 0 Å². The molecule has 1 N–H and O–H groups in total. The number of rotatable bonds is 2. The summed E-state index contributed by atoms with van der Waals surface area (Å²) in [7, 11) is -3.39. The predicted octanol–water partition coefficient (Wildman–Crippen LogP) is 2.49. The van der Waals surface area contributed by atoms with Crippen LogP contribution in [0.3, 0.4) is 0 Å². The van der Waals surface area contributed by atoms with Gasteiger partial charge in [-0.25, -0.2) is 8.42 Å². The van der Waals surface area contributed by atoms with Gasteiger partial charge in [0.25, 0.3) is 0 Å². The Kier molecular flexibility index (Phi) is 4.65. The fourth-order valence-electron chi connectivity index (χ4n) is 3.70. The first kappa shape index (κ1) is 16.7. The molecule has 2 unspecified atom stereocenters. The number of sulfonamides is 1. The van der Waals surface area contributed by atoms with Gasteiger partial charge in [-0.2, -0.15) is 4.31 Å². The van der Waals surface area contributed by atoms with Crippen LogP contribution in [-0.2, 0) is 10.0 Å². The lowest BCUT2D eigenvalue weighted by molar-refractivity contribution is 0.228. The molecule has 2 fully saturated rings. The van der Waals surface area contributed by atoms with Gasteiger partial charge < -0.3 is 5.32 Å². The Labute approximate surface area is 143 Å². The van der Waals surface area contributed by atoms with Crippen LogP contribution in [-0.4, -0.2) is 38.9 Å². The summed E-state index contributed by atoms with van der Waals surface area (Å²) in [6, 6.07) is 13.3.